The van der Waals surface area contributed by atoms with Crippen molar-refractivity contribution in [3.8, 4) is 0 Å². The average molecular weight is 240 g/mol. The fourth-order valence-corrected chi connectivity index (χ4v) is 2.95. The molecule has 17 heavy (non-hydrogen) atoms. The van der Waals surface area contributed by atoms with Gasteiger partial charge in [-0.3, -0.25) is 4.79 Å². The summed E-state index contributed by atoms with van der Waals surface area (Å²) < 4.78 is 5.54. The summed E-state index contributed by atoms with van der Waals surface area (Å²) in [6.07, 6.45) is 6.63. The van der Waals surface area contributed by atoms with Crippen LogP contribution in [0.15, 0.2) is 0 Å². The van der Waals surface area contributed by atoms with Crippen LogP contribution in [0.1, 0.15) is 45.4 Å². The first-order valence-corrected chi connectivity index (χ1v) is 6.87. The molecule has 0 spiro atoms. The van der Waals surface area contributed by atoms with Crippen LogP contribution in [-0.4, -0.2) is 30.7 Å². The molecular weight excluding hydrogens is 216 g/mol. The molecule has 4 heteroatoms. The van der Waals surface area contributed by atoms with E-state index in [-0.39, 0.29) is 24.1 Å². The maximum atomic E-state index is 11.9. The number of hydrogen-bond donors (Lipinski definition) is 2. The molecule has 0 aliphatic heterocycles. The summed E-state index contributed by atoms with van der Waals surface area (Å²) in [4.78, 5) is 11.9. The number of nitrogens with two attached hydrogens (primary N) is 1. The number of ether oxygens (including phenoxy) is 1. The van der Waals surface area contributed by atoms with E-state index in [4.69, 9.17) is 10.5 Å². The third kappa shape index (κ3) is 3.19. The molecule has 4 nitrogen and oxygen atoms in total. The maximum Gasteiger partial charge on any atom is 0.220 e. The molecule has 2 fully saturated rings. The zero-order valence-electron chi connectivity index (χ0n) is 10.7. The van der Waals surface area contributed by atoms with Gasteiger partial charge < -0.3 is 15.8 Å². The van der Waals surface area contributed by atoms with E-state index < -0.39 is 0 Å². The highest BCUT2D eigenvalue weighted by Gasteiger charge is 2.40. The molecule has 2 aliphatic rings. The second kappa shape index (κ2) is 5.83. The van der Waals surface area contributed by atoms with Crippen LogP contribution in [0.25, 0.3) is 0 Å². The highest BCUT2D eigenvalue weighted by Crippen LogP contribution is 2.28. The molecule has 3 N–H and O–H groups in total. The molecule has 0 aromatic heterocycles. The minimum atomic E-state index is 0.0313. The van der Waals surface area contributed by atoms with E-state index in [0.717, 1.165) is 6.42 Å². The van der Waals surface area contributed by atoms with Gasteiger partial charge in [0.25, 0.3) is 0 Å². The maximum absolute atomic E-state index is 11.9. The van der Waals surface area contributed by atoms with Crippen LogP contribution in [0.5, 0.6) is 0 Å². The summed E-state index contributed by atoms with van der Waals surface area (Å²) in [7, 11) is 0. The third-order valence-corrected chi connectivity index (χ3v) is 4.02. The Morgan fingerprint density at radius 1 is 1.41 bits per heavy atom. The molecule has 0 heterocycles. The normalized spacial score (nSPS) is 33.4. The average Bonchev–Trinajstić information content (AvgIpc) is 2.79. The first-order chi connectivity index (χ1) is 8.20. The highest BCUT2D eigenvalue weighted by atomic mass is 16.5. The van der Waals surface area contributed by atoms with Crippen molar-refractivity contribution >= 4 is 5.91 Å². The minimum Gasteiger partial charge on any atom is -0.376 e. The molecule has 0 bridgehead atoms. The summed E-state index contributed by atoms with van der Waals surface area (Å²) >= 11 is 0. The summed E-state index contributed by atoms with van der Waals surface area (Å²) in [5, 5.41) is 3.04. The summed E-state index contributed by atoms with van der Waals surface area (Å²) in [6, 6.07) is 0.0999. The first-order valence-electron chi connectivity index (χ1n) is 6.87. The van der Waals surface area contributed by atoms with E-state index in [1.807, 2.05) is 6.92 Å². The summed E-state index contributed by atoms with van der Waals surface area (Å²) in [5.41, 5.74) is 5.91. The summed E-state index contributed by atoms with van der Waals surface area (Å²) in [6.45, 7) is 2.66. The van der Waals surface area contributed by atoms with E-state index in [0.29, 0.717) is 18.9 Å². The van der Waals surface area contributed by atoms with Crippen molar-refractivity contribution in [2.75, 3.05) is 6.61 Å². The Labute approximate surface area is 103 Å². The Balaban J connectivity index is 1.73. The molecule has 2 aliphatic carbocycles. The van der Waals surface area contributed by atoms with E-state index in [9.17, 15) is 4.79 Å². The number of carbonyl (C=O) groups is 1. The van der Waals surface area contributed by atoms with Crippen molar-refractivity contribution in [3.63, 3.8) is 0 Å². The van der Waals surface area contributed by atoms with Crippen LogP contribution >= 0.6 is 0 Å². The SMILES string of the molecule is CCOC1CC(N)C1NC(=O)CC1CCCC1. The molecule has 0 aromatic carbocycles. The van der Waals surface area contributed by atoms with Crippen molar-refractivity contribution in [2.45, 2.75) is 63.6 Å². The lowest BCUT2D eigenvalue weighted by molar-refractivity contribution is -0.126. The van der Waals surface area contributed by atoms with Crippen LogP contribution < -0.4 is 11.1 Å². The zero-order chi connectivity index (χ0) is 12.3. The Morgan fingerprint density at radius 3 is 2.71 bits per heavy atom. The monoisotopic (exact) mass is 240 g/mol. The van der Waals surface area contributed by atoms with Gasteiger partial charge in [-0.25, -0.2) is 0 Å². The van der Waals surface area contributed by atoms with Crippen LogP contribution in [0.3, 0.4) is 0 Å². The molecule has 3 atom stereocenters. The Hall–Kier alpha value is -0.610. The molecule has 2 saturated carbocycles. The predicted molar refractivity (Wildman–Crippen MR) is 66.5 cm³/mol. The molecule has 98 valence electrons. The number of amides is 1. The van der Waals surface area contributed by atoms with Crippen molar-refractivity contribution in [1.82, 2.24) is 5.32 Å². The summed E-state index contributed by atoms with van der Waals surface area (Å²) in [5.74, 6) is 0.749. The third-order valence-electron chi connectivity index (χ3n) is 4.02. The van der Waals surface area contributed by atoms with Crippen LogP contribution in [0.4, 0.5) is 0 Å². The lowest BCUT2D eigenvalue weighted by Gasteiger charge is -2.42. The lowest BCUT2D eigenvalue weighted by atomic mass is 9.83. The second-order valence-corrected chi connectivity index (χ2v) is 5.34. The van der Waals surface area contributed by atoms with Gasteiger partial charge >= 0.3 is 0 Å². The minimum absolute atomic E-state index is 0.0313. The van der Waals surface area contributed by atoms with Crippen LogP contribution in [-0.2, 0) is 9.53 Å². The molecule has 0 radical (unpaired) electrons. The number of hydrogen-bond acceptors (Lipinski definition) is 3. The quantitative estimate of drug-likeness (QED) is 0.758. The standard InChI is InChI=1S/C13H24N2O2/c1-2-17-11-8-10(14)13(11)15-12(16)7-9-5-3-4-6-9/h9-11,13H,2-8,14H2,1H3,(H,15,16). The molecule has 1 amide bonds. The van der Waals surface area contributed by atoms with Crippen molar-refractivity contribution in [2.24, 2.45) is 11.7 Å². The number of nitrogens with one attached hydrogen (secondary N) is 1. The van der Waals surface area contributed by atoms with Crippen LogP contribution in [0, 0.1) is 5.92 Å². The van der Waals surface area contributed by atoms with E-state index in [1.54, 1.807) is 0 Å². The van der Waals surface area contributed by atoms with Crippen LogP contribution in [0.2, 0.25) is 0 Å². The van der Waals surface area contributed by atoms with Crippen molar-refractivity contribution in [1.29, 1.82) is 0 Å². The Morgan fingerprint density at radius 2 is 2.12 bits per heavy atom. The second-order valence-electron chi connectivity index (χ2n) is 5.34. The fraction of sp³-hybridized carbons (Fsp3) is 0.923. The predicted octanol–water partition coefficient (Wildman–Crippen LogP) is 1.19. The van der Waals surface area contributed by atoms with Gasteiger partial charge in [0.2, 0.25) is 5.91 Å². The largest absolute Gasteiger partial charge is 0.376 e. The molecule has 0 aromatic rings. The van der Waals surface area contributed by atoms with Gasteiger partial charge in [0.05, 0.1) is 12.1 Å². The van der Waals surface area contributed by atoms with Gasteiger partial charge in [-0.1, -0.05) is 12.8 Å². The molecule has 3 unspecified atom stereocenters. The van der Waals surface area contributed by atoms with Gasteiger partial charge in [-0.2, -0.15) is 0 Å². The molecule has 2 rings (SSSR count). The van der Waals surface area contributed by atoms with E-state index in [2.05, 4.69) is 5.32 Å². The van der Waals surface area contributed by atoms with Gasteiger partial charge in [-0.15, -0.1) is 0 Å². The van der Waals surface area contributed by atoms with Gasteiger partial charge in [0.15, 0.2) is 0 Å². The topological polar surface area (TPSA) is 64.3 Å². The Kier molecular flexibility index (Phi) is 4.40. The fourth-order valence-electron chi connectivity index (χ4n) is 2.95. The van der Waals surface area contributed by atoms with Crippen molar-refractivity contribution in [3.05, 3.63) is 0 Å². The number of carbonyl (C=O) groups excluding carboxylic acids is 1. The molecular formula is C13H24N2O2. The van der Waals surface area contributed by atoms with E-state index in [1.165, 1.54) is 25.7 Å². The highest BCUT2D eigenvalue weighted by molar-refractivity contribution is 5.76. The Bertz CT molecular complexity index is 262. The van der Waals surface area contributed by atoms with E-state index >= 15 is 0 Å². The van der Waals surface area contributed by atoms with Crippen molar-refractivity contribution < 1.29 is 9.53 Å². The zero-order valence-corrected chi connectivity index (χ0v) is 10.7. The van der Waals surface area contributed by atoms with Gasteiger partial charge in [0, 0.05) is 19.1 Å². The van der Waals surface area contributed by atoms with Gasteiger partial charge in [-0.05, 0) is 32.1 Å². The first kappa shape index (κ1) is 12.8. The smallest absolute Gasteiger partial charge is 0.220 e. The number of rotatable bonds is 5. The molecule has 0 saturated heterocycles. The lowest BCUT2D eigenvalue weighted by Crippen LogP contribution is -2.64. The van der Waals surface area contributed by atoms with Gasteiger partial charge in [0.1, 0.15) is 0 Å².